The number of primary amides is 1. The number of methoxy groups -OCH3 is 2. The van der Waals surface area contributed by atoms with Crippen LogP contribution in [0.25, 0.3) is 0 Å². The largest absolute Gasteiger partial charge is 0.497 e. The molecule has 1 rings (SSSR count). The minimum absolute atomic E-state index is 0.153. The zero-order valence-electron chi connectivity index (χ0n) is 10.5. The summed E-state index contributed by atoms with van der Waals surface area (Å²) in [6, 6.07) is 4.90. The van der Waals surface area contributed by atoms with Gasteiger partial charge >= 0.3 is 0 Å². The molecule has 0 spiro atoms. The molecule has 0 saturated heterocycles. The summed E-state index contributed by atoms with van der Waals surface area (Å²) in [7, 11) is 3.13. The zero-order valence-corrected chi connectivity index (χ0v) is 10.5. The second kappa shape index (κ2) is 6.83. The highest BCUT2D eigenvalue weighted by Crippen LogP contribution is 2.28. The van der Waals surface area contributed by atoms with Gasteiger partial charge < -0.3 is 25.7 Å². The summed E-state index contributed by atoms with van der Waals surface area (Å²) in [6.07, 6.45) is 0. The van der Waals surface area contributed by atoms with Crippen molar-refractivity contribution in [2.45, 2.75) is 6.04 Å². The van der Waals surface area contributed by atoms with Gasteiger partial charge in [-0.2, -0.15) is 0 Å². The van der Waals surface area contributed by atoms with E-state index in [0.29, 0.717) is 11.5 Å². The van der Waals surface area contributed by atoms with E-state index >= 15 is 0 Å². The number of hydrogen-bond donors (Lipinski definition) is 2. The lowest BCUT2D eigenvalue weighted by Gasteiger charge is -2.16. The average Bonchev–Trinajstić information content (AvgIpc) is 2.37. The summed E-state index contributed by atoms with van der Waals surface area (Å²) in [5.74, 6) is 0.793. The maximum atomic E-state index is 10.6. The minimum atomic E-state index is -0.528. The number of benzene rings is 1. The van der Waals surface area contributed by atoms with Crippen molar-refractivity contribution in [2.24, 2.45) is 11.5 Å². The van der Waals surface area contributed by atoms with Gasteiger partial charge in [0.05, 0.1) is 26.9 Å². The smallest absolute Gasteiger partial charge is 0.243 e. The van der Waals surface area contributed by atoms with Crippen molar-refractivity contribution in [3.63, 3.8) is 0 Å². The van der Waals surface area contributed by atoms with Crippen molar-refractivity contribution < 1.29 is 19.0 Å². The van der Waals surface area contributed by atoms with Crippen LogP contribution < -0.4 is 20.9 Å². The lowest BCUT2D eigenvalue weighted by Crippen LogP contribution is -2.23. The molecule has 1 aromatic carbocycles. The fraction of sp³-hybridized carbons (Fsp3) is 0.417. The van der Waals surface area contributed by atoms with Crippen LogP contribution in [0.3, 0.4) is 0 Å². The fourth-order valence-corrected chi connectivity index (χ4v) is 1.51. The van der Waals surface area contributed by atoms with Crippen molar-refractivity contribution in [2.75, 3.05) is 27.4 Å². The van der Waals surface area contributed by atoms with Crippen LogP contribution in [0.2, 0.25) is 0 Å². The number of amides is 1. The summed E-state index contributed by atoms with van der Waals surface area (Å²) in [4.78, 5) is 10.6. The Morgan fingerprint density at radius 2 is 2.06 bits per heavy atom. The van der Waals surface area contributed by atoms with Crippen LogP contribution in [0.1, 0.15) is 11.6 Å². The van der Waals surface area contributed by atoms with E-state index in [1.807, 2.05) is 0 Å². The topological polar surface area (TPSA) is 96.8 Å². The maximum Gasteiger partial charge on any atom is 0.243 e. The number of carbonyl (C=O) groups is 1. The van der Waals surface area contributed by atoms with Gasteiger partial charge in [0.15, 0.2) is 0 Å². The van der Waals surface area contributed by atoms with Crippen LogP contribution in [0.15, 0.2) is 18.2 Å². The molecule has 0 saturated carbocycles. The molecule has 1 unspecified atom stereocenters. The van der Waals surface area contributed by atoms with Gasteiger partial charge in [-0.05, 0) is 18.2 Å². The van der Waals surface area contributed by atoms with Gasteiger partial charge in [-0.25, -0.2) is 0 Å². The molecule has 0 bridgehead atoms. The molecule has 6 heteroatoms. The van der Waals surface area contributed by atoms with E-state index in [1.165, 1.54) is 0 Å². The lowest BCUT2D eigenvalue weighted by atomic mass is 10.1. The fourth-order valence-electron chi connectivity index (χ4n) is 1.51. The van der Waals surface area contributed by atoms with Crippen molar-refractivity contribution in [3.8, 4) is 11.5 Å². The Morgan fingerprint density at radius 1 is 1.33 bits per heavy atom. The molecule has 100 valence electrons. The first-order valence-electron chi connectivity index (χ1n) is 5.42. The van der Waals surface area contributed by atoms with Crippen molar-refractivity contribution in [1.82, 2.24) is 0 Å². The molecular formula is C12H18N2O4. The number of rotatable bonds is 7. The molecule has 1 atom stereocenters. The van der Waals surface area contributed by atoms with Gasteiger partial charge in [0, 0.05) is 5.56 Å². The predicted octanol–water partition coefficient (Wildman–Crippen LogP) is 0.206. The molecule has 1 aromatic rings. The number of hydrogen-bond acceptors (Lipinski definition) is 5. The molecule has 0 aliphatic heterocycles. The van der Waals surface area contributed by atoms with Crippen LogP contribution in [0.5, 0.6) is 11.5 Å². The van der Waals surface area contributed by atoms with Crippen molar-refractivity contribution in [1.29, 1.82) is 0 Å². The van der Waals surface area contributed by atoms with Gasteiger partial charge in [-0.15, -0.1) is 0 Å². The summed E-state index contributed by atoms with van der Waals surface area (Å²) in [5, 5.41) is 0. The maximum absolute atomic E-state index is 10.6. The van der Waals surface area contributed by atoms with Crippen LogP contribution >= 0.6 is 0 Å². The third-order valence-corrected chi connectivity index (χ3v) is 2.38. The van der Waals surface area contributed by atoms with Crippen LogP contribution in [0.4, 0.5) is 0 Å². The average molecular weight is 254 g/mol. The van der Waals surface area contributed by atoms with E-state index in [-0.39, 0.29) is 13.2 Å². The van der Waals surface area contributed by atoms with Crippen LogP contribution in [-0.4, -0.2) is 33.3 Å². The van der Waals surface area contributed by atoms with Gasteiger partial charge in [0.25, 0.3) is 0 Å². The zero-order chi connectivity index (χ0) is 13.5. The molecule has 0 aliphatic carbocycles. The molecule has 6 nitrogen and oxygen atoms in total. The number of ether oxygens (including phenoxy) is 3. The summed E-state index contributed by atoms with van der Waals surface area (Å²) in [6.45, 7) is 0.0203. The molecular weight excluding hydrogens is 236 g/mol. The Bertz CT molecular complexity index is 409. The van der Waals surface area contributed by atoms with E-state index < -0.39 is 11.9 Å². The van der Waals surface area contributed by atoms with Gasteiger partial charge in [0.2, 0.25) is 5.91 Å². The van der Waals surface area contributed by atoms with Crippen LogP contribution in [0, 0.1) is 0 Å². The van der Waals surface area contributed by atoms with E-state index in [4.69, 9.17) is 25.7 Å². The van der Waals surface area contributed by atoms with Crippen molar-refractivity contribution in [3.05, 3.63) is 23.8 Å². The monoisotopic (exact) mass is 254 g/mol. The van der Waals surface area contributed by atoms with Gasteiger partial charge in [-0.1, -0.05) is 0 Å². The van der Waals surface area contributed by atoms with Gasteiger partial charge in [-0.3, -0.25) is 4.79 Å². The summed E-state index contributed by atoms with van der Waals surface area (Å²) < 4.78 is 15.4. The van der Waals surface area contributed by atoms with E-state index in [2.05, 4.69) is 0 Å². The third-order valence-electron chi connectivity index (χ3n) is 2.38. The SMILES string of the molecule is COc1ccc(OC)c(C(N)COCC(N)=O)c1. The first kappa shape index (κ1) is 14.3. The highest BCUT2D eigenvalue weighted by Gasteiger charge is 2.13. The normalized spacial score (nSPS) is 11.9. The summed E-state index contributed by atoms with van der Waals surface area (Å²) >= 11 is 0. The molecule has 0 aliphatic rings. The van der Waals surface area contributed by atoms with Crippen LogP contribution in [-0.2, 0) is 9.53 Å². The molecule has 0 heterocycles. The third kappa shape index (κ3) is 3.90. The quantitative estimate of drug-likeness (QED) is 0.724. The molecule has 0 aromatic heterocycles. The highest BCUT2D eigenvalue weighted by atomic mass is 16.5. The number of nitrogens with two attached hydrogens (primary N) is 2. The van der Waals surface area contributed by atoms with E-state index in [1.54, 1.807) is 32.4 Å². The minimum Gasteiger partial charge on any atom is -0.497 e. The molecule has 0 radical (unpaired) electrons. The molecule has 18 heavy (non-hydrogen) atoms. The van der Waals surface area contributed by atoms with Gasteiger partial charge in [0.1, 0.15) is 18.1 Å². The molecule has 4 N–H and O–H groups in total. The Labute approximate surface area is 106 Å². The predicted molar refractivity (Wildman–Crippen MR) is 66.5 cm³/mol. The second-order valence-electron chi connectivity index (χ2n) is 3.70. The number of carbonyl (C=O) groups excluding carboxylic acids is 1. The van der Waals surface area contributed by atoms with E-state index in [9.17, 15) is 4.79 Å². The second-order valence-corrected chi connectivity index (χ2v) is 3.70. The Morgan fingerprint density at radius 3 is 2.61 bits per heavy atom. The van der Waals surface area contributed by atoms with E-state index in [0.717, 1.165) is 5.56 Å². The molecule has 0 fully saturated rings. The first-order valence-corrected chi connectivity index (χ1v) is 5.42. The standard InChI is InChI=1S/C12H18N2O4/c1-16-8-3-4-11(17-2)9(5-8)10(13)6-18-7-12(14)15/h3-5,10H,6-7,13H2,1-2H3,(H2,14,15). The Kier molecular flexibility index (Phi) is 5.41. The Balaban J connectivity index is 2.75. The summed E-state index contributed by atoms with van der Waals surface area (Å²) in [5.41, 5.74) is 11.7. The molecule has 1 amide bonds. The first-order chi connectivity index (χ1) is 8.58. The Hall–Kier alpha value is -1.79. The highest BCUT2D eigenvalue weighted by molar-refractivity contribution is 5.74. The van der Waals surface area contributed by atoms with Crippen molar-refractivity contribution >= 4 is 5.91 Å². The lowest BCUT2D eigenvalue weighted by molar-refractivity contribution is -0.122.